The van der Waals surface area contributed by atoms with Gasteiger partial charge in [0.05, 0.1) is 5.75 Å². The van der Waals surface area contributed by atoms with E-state index in [1.165, 1.54) is 4.31 Å². The van der Waals surface area contributed by atoms with Crippen LogP contribution in [0.1, 0.15) is 44.2 Å². The van der Waals surface area contributed by atoms with E-state index in [-0.39, 0.29) is 23.6 Å². The topological polar surface area (TPSA) is 66.5 Å². The molecule has 0 radical (unpaired) electrons. The SMILES string of the molecule is CC[C@H](C)NC(=O)C1CCN(S(=O)(=O)Cc2ccc(C)cc2)CC1. The zero-order chi connectivity index (χ0) is 17.7. The van der Waals surface area contributed by atoms with Crippen LogP contribution in [-0.2, 0) is 20.6 Å². The van der Waals surface area contributed by atoms with Crippen molar-refractivity contribution in [2.75, 3.05) is 13.1 Å². The first-order valence-electron chi connectivity index (χ1n) is 8.65. The highest BCUT2D eigenvalue weighted by Crippen LogP contribution is 2.22. The number of hydrogen-bond donors (Lipinski definition) is 1. The zero-order valence-corrected chi connectivity index (χ0v) is 15.6. The lowest BCUT2D eigenvalue weighted by atomic mass is 9.97. The number of nitrogens with one attached hydrogen (secondary N) is 1. The second-order valence-corrected chi connectivity index (χ2v) is 8.70. The van der Waals surface area contributed by atoms with Crippen LogP contribution in [0.4, 0.5) is 0 Å². The van der Waals surface area contributed by atoms with Crippen LogP contribution in [-0.4, -0.2) is 37.8 Å². The number of sulfonamides is 1. The van der Waals surface area contributed by atoms with E-state index < -0.39 is 10.0 Å². The van der Waals surface area contributed by atoms with E-state index in [1.807, 2.05) is 45.0 Å². The van der Waals surface area contributed by atoms with Crippen LogP contribution >= 0.6 is 0 Å². The zero-order valence-electron chi connectivity index (χ0n) is 14.8. The molecule has 1 aliphatic rings. The van der Waals surface area contributed by atoms with Crippen molar-refractivity contribution in [2.24, 2.45) is 5.92 Å². The van der Waals surface area contributed by atoms with Crippen LogP contribution in [0.2, 0.25) is 0 Å². The molecule has 134 valence electrons. The minimum absolute atomic E-state index is 0.0248. The predicted octanol–water partition coefficient (Wildman–Crippen LogP) is 2.45. The highest BCUT2D eigenvalue weighted by Gasteiger charge is 2.31. The van der Waals surface area contributed by atoms with Gasteiger partial charge >= 0.3 is 0 Å². The van der Waals surface area contributed by atoms with Crippen molar-refractivity contribution in [3.63, 3.8) is 0 Å². The van der Waals surface area contributed by atoms with Crippen LogP contribution in [0.3, 0.4) is 0 Å². The maximum absolute atomic E-state index is 12.6. The number of rotatable bonds is 6. The second kappa shape index (κ2) is 8.12. The minimum atomic E-state index is -3.32. The molecular weight excluding hydrogens is 324 g/mol. The summed E-state index contributed by atoms with van der Waals surface area (Å²) in [6.07, 6.45) is 2.08. The van der Waals surface area contributed by atoms with Crippen molar-refractivity contribution in [2.45, 2.75) is 51.8 Å². The lowest BCUT2D eigenvalue weighted by Crippen LogP contribution is -2.44. The molecule has 1 atom stereocenters. The van der Waals surface area contributed by atoms with Gasteiger partial charge in [-0.1, -0.05) is 36.8 Å². The molecule has 0 unspecified atom stereocenters. The Hall–Kier alpha value is -1.40. The number of carbonyl (C=O) groups is 1. The molecule has 2 rings (SSSR count). The Balaban J connectivity index is 1.90. The maximum atomic E-state index is 12.6. The lowest BCUT2D eigenvalue weighted by molar-refractivity contribution is -0.126. The Kier molecular flexibility index (Phi) is 6.40. The largest absolute Gasteiger partial charge is 0.353 e. The summed E-state index contributed by atoms with van der Waals surface area (Å²) in [6, 6.07) is 7.74. The average molecular weight is 353 g/mol. The molecule has 0 aliphatic carbocycles. The fourth-order valence-corrected chi connectivity index (χ4v) is 4.41. The van der Waals surface area contributed by atoms with Gasteiger partial charge in [0.1, 0.15) is 0 Å². The smallest absolute Gasteiger partial charge is 0.223 e. The monoisotopic (exact) mass is 352 g/mol. The van der Waals surface area contributed by atoms with Crippen LogP contribution in [0.5, 0.6) is 0 Å². The van der Waals surface area contributed by atoms with E-state index in [4.69, 9.17) is 0 Å². The highest BCUT2D eigenvalue weighted by molar-refractivity contribution is 7.88. The second-order valence-electron chi connectivity index (χ2n) is 6.73. The van der Waals surface area contributed by atoms with Crippen LogP contribution in [0.15, 0.2) is 24.3 Å². The number of benzene rings is 1. The van der Waals surface area contributed by atoms with Crippen LogP contribution in [0, 0.1) is 12.8 Å². The third-order valence-corrected chi connectivity index (χ3v) is 6.54. The van der Waals surface area contributed by atoms with Gasteiger partial charge in [-0.25, -0.2) is 12.7 Å². The van der Waals surface area contributed by atoms with E-state index in [9.17, 15) is 13.2 Å². The van der Waals surface area contributed by atoms with E-state index in [0.29, 0.717) is 25.9 Å². The molecule has 6 heteroatoms. The fourth-order valence-electron chi connectivity index (χ4n) is 2.85. The number of piperidine rings is 1. The summed E-state index contributed by atoms with van der Waals surface area (Å²) >= 11 is 0. The molecule has 0 spiro atoms. The van der Waals surface area contributed by atoms with Crippen molar-refractivity contribution in [1.29, 1.82) is 0 Å². The first-order valence-corrected chi connectivity index (χ1v) is 10.3. The molecule has 1 aliphatic heterocycles. The quantitative estimate of drug-likeness (QED) is 0.855. The summed E-state index contributed by atoms with van der Waals surface area (Å²) in [5, 5.41) is 2.99. The van der Waals surface area contributed by atoms with Crippen molar-refractivity contribution >= 4 is 15.9 Å². The number of amides is 1. The standard InChI is InChI=1S/C18H28N2O3S/c1-4-15(3)19-18(21)17-9-11-20(12-10-17)24(22,23)13-16-7-5-14(2)6-8-16/h5-8,15,17H,4,9-13H2,1-3H3,(H,19,21)/t15-/m0/s1. The summed E-state index contributed by atoms with van der Waals surface area (Å²) in [5.41, 5.74) is 1.92. The van der Waals surface area contributed by atoms with E-state index in [0.717, 1.165) is 17.5 Å². The lowest BCUT2D eigenvalue weighted by Gasteiger charge is -2.31. The number of carbonyl (C=O) groups excluding carboxylic acids is 1. The van der Waals surface area contributed by atoms with Gasteiger partial charge in [0.25, 0.3) is 0 Å². The van der Waals surface area contributed by atoms with Crippen LogP contribution in [0.25, 0.3) is 0 Å². The van der Waals surface area contributed by atoms with E-state index in [2.05, 4.69) is 5.32 Å². The molecule has 0 aromatic heterocycles. The Morgan fingerprint density at radius 1 is 1.25 bits per heavy atom. The Morgan fingerprint density at radius 2 is 1.83 bits per heavy atom. The first-order chi connectivity index (χ1) is 11.3. The molecule has 0 bridgehead atoms. The number of nitrogens with zero attached hydrogens (tertiary/aromatic N) is 1. The van der Waals surface area contributed by atoms with Gasteiger partial charge in [0.2, 0.25) is 15.9 Å². The van der Waals surface area contributed by atoms with Gasteiger partial charge in [-0.3, -0.25) is 4.79 Å². The third-order valence-electron chi connectivity index (χ3n) is 4.69. The van der Waals surface area contributed by atoms with Gasteiger partial charge in [0, 0.05) is 25.0 Å². The van der Waals surface area contributed by atoms with E-state index in [1.54, 1.807) is 0 Å². The summed E-state index contributed by atoms with van der Waals surface area (Å²) in [5.74, 6) is 0.00144. The molecule has 1 heterocycles. The van der Waals surface area contributed by atoms with Gasteiger partial charge in [-0.05, 0) is 38.7 Å². The van der Waals surface area contributed by atoms with Crippen molar-refractivity contribution in [3.05, 3.63) is 35.4 Å². The fraction of sp³-hybridized carbons (Fsp3) is 0.611. The summed E-state index contributed by atoms with van der Waals surface area (Å²) in [7, 11) is -3.32. The van der Waals surface area contributed by atoms with E-state index >= 15 is 0 Å². The van der Waals surface area contributed by atoms with Crippen molar-refractivity contribution in [3.8, 4) is 0 Å². The summed E-state index contributed by atoms with van der Waals surface area (Å²) in [6.45, 7) is 6.84. The maximum Gasteiger partial charge on any atom is 0.223 e. The number of aryl methyl sites for hydroxylation is 1. The van der Waals surface area contributed by atoms with Gasteiger partial charge in [-0.15, -0.1) is 0 Å². The molecule has 1 aromatic rings. The van der Waals surface area contributed by atoms with Gasteiger partial charge < -0.3 is 5.32 Å². The molecule has 1 saturated heterocycles. The van der Waals surface area contributed by atoms with Crippen LogP contribution < -0.4 is 5.32 Å². The van der Waals surface area contributed by atoms with Crippen molar-refractivity contribution < 1.29 is 13.2 Å². The summed E-state index contributed by atoms with van der Waals surface area (Å²) < 4.78 is 26.7. The predicted molar refractivity (Wildman–Crippen MR) is 96.0 cm³/mol. The Morgan fingerprint density at radius 3 is 2.38 bits per heavy atom. The molecule has 5 nitrogen and oxygen atoms in total. The Bertz CT molecular complexity index is 647. The molecule has 1 amide bonds. The molecule has 1 N–H and O–H groups in total. The Labute approximate surface area is 145 Å². The molecule has 1 aromatic carbocycles. The average Bonchev–Trinajstić information content (AvgIpc) is 2.56. The first kappa shape index (κ1) is 18.9. The van der Waals surface area contributed by atoms with Gasteiger partial charge in [-0.2, -0.15) is 0 Å². The third kappa shape index (κ3) is 5.05. The molecule has 1 fully saturated rings. The molecular formula is C18H28N2O3S. The number of hydrogen-bond acceptors (Lipinski definition) is 3. The molecule has 0 saturated carbocycles. The summed E-state index contributed by atoms with van der Waals surface area (Å²) in [4.78, 5) is 12.2. The highest BCUT2D eigenvalue weighted by atomic mass is 32.2. The van der Waals surface area contributed by atoms with Gasteiger partial charge in [0.15, 0.2) is 0 Å². The van der Waals surface area contributed by atoms with Crippen molar-refractivity contribution in [1.82, 2.24) is 9.62 Å². The normalized spacial score (nSPS) is 18.3. The molecule has 24 heavy (non-hydrogen) atoms. The minimum Gasteiger partial charge on any atom is -0.353 e.